The van der Waals surface area contributed by atoms with E-state index in [9.17, 15) is 24.2 Å². The van der Waals surface area contributed by atoms with Crippen molar-refractivity contribution in [2.75, 3.05) is 19.8 Å². The first-order valence-corrected chi connectivity index (χ1v) is 9.53. The second-order valence-corrected chi connectivity index (χ2v) is 7.43. The fourth-order valence-corrected chi connectivity index (χ4v) is 3.98. The topological polar surface area (TPSA) is 92.0 Å². The maximum atomic E-state index is 13.7. The van der Waals surface area contributed by atoms with Crippen LogP contribution in [0.25, 0.3) is 10.9 Å². The Hall–Kier alpha value is -3.39. The third-order valence-electron chi connectivity index (χ3n) is 5.39. The van der Waals surface area contributed by atoms with E-state index in [0.29, 0.717) is 26.2 Å². The van der Waals surface area contributed by atoms with Crippen LogP contribution in [0.1, 0.15) is 26.3 Å². The summed E-state index contributed by atoms with van der Waals surface area (Å²) >= 11 is 0. The van der Waals surface area contributed by atoms with Crippen LogP contribution in [0.3, 0.4) is 0 Å². The van der Waals surface area contributed by atoms with Gasteiger partial charge >= 0.3 is 5.97 Å². The molecule has 1 aromatic heterocycles. The van der Waals surface area contributed by atoms with Crippen LogP contribution >= 0.6 is 0 Å². The van der Waals surface area contributed by atoms with Crippen LogP contribution in [0.15, 0.2) is 42.6 Å². The average molecular weight is 412 g/mol. The number of carboxylic acids is 1. The van der Waals surface area contributed by atoms with Gasteiger partial charge in [0.25, 0.3) is 5.91 Å². The number of aromatic carboxylic acids is 1. The lowest BCUT2D eigenvalue weighted by molar-refractivity contribution is -0.00160. The maximum Gasteiger partial charge on any atom is 0.335 e. The number of hydrogen-bond acceptors (Lipinski definition) is 4. The number of carbonyl (C=O) groups is 2. The van der Waals surface area contributed by atoms with Crippen LogP contribution < -0.4 is 0 Å². The molecule has 0 aliphatic carbocycles. The van der Waals surface area contributed by atoms with Crippen LogP contribution in [0, 0.1) is 5.82 Å². The number of amides is 1. The smallest absolute Gasteiger partial charge is 0.335 e. The zero-order chi connectivity index (χ0) is 21.4. The number of carbonyl (C=O) groups excluding carboxylic acids is 1. The highest BCUT2D eigenvalue weighted by Gasteiger charge is 2.29. The molecule has 1 atom stereocenters. The molecule has 8 heteroatoms. The molecule has 0 spiro atoms. The minimum atomic E-state index is -1.00. The molecule has 7 nitrogen and oxygen atoms in total. The standard InChI is InChI=1S/C22H21FN2O5/c1-24-11-15(19-9-13(22(28)29)2-3-20(19)24)7-17-12-30-5-4-25(17)21(27)14-6-16(23)10-18(26)8-14/h2-3,6,8-11,17,26H,4-5,7,12H2,1H3,(H,28,29). The Morgan fingerprint density at radius 1 is 1.20 bits per heavy atom. The predicted molar refractivity (Wildman–Crippen MR) is 107 cm³/mol. The summed E-state index contributed by atoms with van der Waals surface area (Å²) in [4.78, 5) is 26.0. The second-order valence-electron chi connectivity index (χ2n) is 7.43. The van der Waals surface area contributed by atoms with Crippen molar-refractivity contribution in [1.82, 2.24) is 9.47 Å². The molecule has 156 valence electrons. The summed E-state index contributed by atoms with van der Waals surface area (Å²) in [7, 11) is 1.88. The third kappa shape index (κ3) is 3.73. The molecule has 1 saturated heterocycles. The number of rotatable bonds is 4. The minimum Gasteiger partial charge on any atom is -0.508 e. The Morgan fingerprint density at radius 3 is 2.73 bits per heavy atom. The molecule has 1 aliphatic rings. The Labute approximate surface area is 171 Å². The third-order valence-corrected chi connectivity index (χ3v) is 5.39. The van der Waals surface area contributed by atoms with Gasteiger partial charge in [-0.05, 0) is 42.3 Å². The van der Waals surface area contributed by atoms with Crippen molar-refractivity contribution in [3.63, 3.8) is 0 Å². The molecule has 30 heavy (non-hydrogen) atoms. The van der Waals surface area contributed by atoms with Gasteiger partial charge in [0.1, 0.15) is 11.6 Å². The molecule has 1 amide bonds. The molecule has 0 saturated carbocycles. The van der Waals surface area contributed by atoms with Crippen molar-refractivity contribution in [2.45, 2.75) is 12.5 Å². The first kappa shape index (κ1) is 19.9. The Balaban J connectivity index is 1.66. The lowest BCUT2D eigenvalue weighted by Gasteiger charge is -2.35. The van der Waals surface area contributed by atoms with E-state index in [0.717, 1.165) is 28.6 Å². The highest BCUT2D eigenvalue weighted by atomic mass is 19.1. The monoisotopic (exact) mass is 412 g/mol. The molecule has 4 rings (SSSR count). The van der Waals surface area contributed by atoms with Crippen LogP contribution in [0.2, 0.25) is 0 Å². The molecule has 3 aromatic rings. The van der Waals surface area contributed by atoms with E-state index in [1.165, 1.54) is 6.07 Å². The molecular weight excluding hydrogens is 391 g/mol. The maximum absolute atomic E-state index is 13.7. The number of phenols is 1. The van der Waals surface area contributed by atoms with E-state index >= 15 is 0 Å². The number of aromatic hydroxyl groups is 1. The van der Waals surface area contributed by atoms with Gasteiger partial charge in [0, 0.05) is 42.3 Å². The zero-order valence-corrected chi connectivity index (χ0v) is 16.3. The molecule has 2 heterocycles. The summed E-state index contributed by atoms with van der Waals surface area (Å²) in [5.74, 6) is -2.38. The second kappa shape index (κ2) is 7.79. The normalized spacial score (nSPS) is 16.7. The van der Waals surface area contributed by atoms with Crippen molar-refractivity contribution >= 4 is 22.8 Å². The quantitative estimate of drug-likeness (QED) is 0.688. The fourth-order valence-electron chi connectivity index (χ4n) is 3.98. The largest absolute Gasteiger partial charge is 0.508 e. The number of aryl methyl sites for hydroxylation is 1. The number of benzene rings is 2. The molecule has 2 aromatic carbocycles. The van der Waals surface area contributed by atoms with E-state index in [1.54, 1.807) is 23.1 Å². The van der Waals surface area contributed by atoms with Gasteiger partial charge in [0.05, 0.1) is 24.8 Å². The number of halogens is 1. The molecule has 0 radical (unpaired) electrons. The van der Waals surface area contributed by atoms with Crippen LogP contribution in [0.5, 0.6) is 5.75 Å². The molecule has 1 unspecified atom stereocenters. The number of phenolic OH excluding ortho intramolecular Hbond substituents is 1. The van der Waals surface area contributed by atoms with E-state index in [4.69, 9.17) is 4.74 Å². The van der Waals surface area contributed by atoms with Crippen molar-refractivity contribution in [2.24, 2.45) is 7.05 Å². The van der Waals surface area contributed by atoms with Gasteiger partial charge < -0.3 is 24.4 Å². The average Bonchev–Trinajstić information content (AvgIpc) is 3.02. The molecular formula is C22H21FN2O5. The van der Waals surface area contributed by atoms with Crippen molar-refractivity contribution < 1.29 is 28.9 Å². The lowest BCUT2D eigenvalue weighted by atomic mass is 10.0. The summed E-state index contributed by atoms with van der Waals surface area (Å²) in [6.07, 6.45) is 2.37. The number of morpholine rings is 1. The van der Waals surface area contributed by atoms with E-state index in [2.05, 4.69) is 0 Å². The first-order chi connectivity index (χ1) is 14.3. The summed E-state index contributed by atoms with van der Waals surface area (Å²) < 4.78 is 21.2. The number of aromatic nitrogens is 1. The van der Waals surface area contributed by atoms with Gasteiger partial charge in [0.2, 0.25) is 0 Å². The predicted octanol–water partition coefficient (Wildman–Crippen LogP) is 2.80. The molecule has 1 aliphatic heterocycles. The van der Waals surface area contributed by atoms with E-state index in [1.807, 2.05) is 17.8 Å². The number of fused-ring (bicyclic) bond motifs is 1. The first-order valence-electron chi connectivity index (χ1n) is 9.53. The van der Waals surface area contributed by atoms with Crippen LogP contribution in [-0.4, -0.2) is 57.4 Å². The molecule has 2 N–H and O–H groups in total. The summed E-state index contributed by atoms with van der Waals surface area (Å²) in [6.45, 7) is 1.01. The number of nitrogens with zero attached hydrogens (tertiary/aromatic N) is 2. The highest BCUT2D eigenvalue weighted by molar-refractivity contribution is 5.96. The van der Waals surface area contributed by atoms with E-state index in [-0.39, 0.29) is 28.8 Å². The number of hydrogen-bond donors (Lipinski definition) is 2. The molecule has 0 bridgehead atoms. The highest BCUT2D eigenvalue weighted by Crippen LogP contribution is 2.26. The Kier molecular flexibility index (Phi) is 5.17. The van der Waals surface area contributed by atoms with Gasteiger partial charge in [-0.25, -0.2) is 9.18 Å². The minimum absolute atomic E-state index is 0.0745. The SMILES string of the molecule is Cn1cc(CC2COCCN2C(=O)c2cc(O)cc(F)c2)c2cc(C(=O)O)ccc21. The van der Waals surface area contributed by atoms with Crippen LogP contribution in [-0.2, 0) is 18.2 Å². The molecule has 1 fully saturated rings. The van der Waals surface area contributed by atoms with Gasteiger partial charge in [-0.2, -0.15) is 0 Å². The Bertz CT molecular complexity index is 1120. The summed E-state index contributed by atoms with van der Waals surface area (Å²) in [5, 5.41) is 19.8. The lowest BCUT2D eigenvalue weighted by Crippen LogP contribution is -2.49. The van der Waals surface area contributed by atoms with Crippen molar-refractivity contribution in [3.05, 3.63) is 65.1 Å². The Morgan fingerprint density at radius 2 is 2.00 bits per heavy atom. The van der Waals surface area contributed by atoms with Gasteiger partial charge in [-0.1, -0.05) is 0 Å². The van der Waals surface area contributed by atoms with Gasteiger partial charge in [-0.15, -0.1) is 0 Å². The van der Waals surface area contributed by atoms with Crippen molar-refractivity contribution in [1.29, 1.82) is 0 Å². The van der Waals surface area contributed by atoms with Crippen LogP contribution in [0.4, 0.5) is 4.39 Å². The van der Waals surface area contributed by atoms with Crippen molar-refractivity contribution in [3.8, 4) is 5.75 Å². The van der Waals surface area contributed by atoms with E-state index < -0.39 is 11.8 Å². The zero-order valence-electron chi connectivity index (χ0n) is 16.3. The van der Waals surface area contributed by atoms with Gasteiger partial charge in [-0.3, -0.25) is 4.79 Å². The van der Waals surface area contributed by atoms with Gasteiger partial charge in [0.15, 0.2) is 0 Å². The fraction of sp³-hybridized carbons (Fsp3) is 0.273. The summed E-state index contributed by atoms with van der Waals surface area (Å²) in [5.41, 5.74) is 2.05. The summed E-state index contributed by atoms with van der Waals surface area (Å²) in [6, 6.07) is 7.94. The number of ether oxygens (including phenoxy) is 1. The number of carboxylic acid groups (broad SMARTS) is 1.